The highest BCUT2D eigenvalue weighted by atomic mass is 16.6. The van der Waals surface area contributed by atoms with E-state index in [9.17, 15) is 24.5 Å². The van der Waals surface area contributed by atoms with Crippen LogP contribution in [-0.2, 0) is 11.3 Å². The lowest BCUT2D eigenvalue weighted by Crippen LogP contribution is -2.45. The van der Waals surface area contributed by atoms with Crippen LogP contribution in [0.3, 0.4) is 0 Å². The molecule has 1 fully saturated rings. The number of anilines is 1. The number of hydrogen-bond acceptors (Lipinski definition) is 5. The molecule has 4 amide bonds. The van der Waals surface area contributed by atoms with Gasteiger partial charge in [-0.1, -0.05) is 12.1 Å². The Balaban J connectivity index is 1.63. The van der Waals surface area contributed by atoms with Crippen molar-refractivity contribution < 1.29 is 19.3 Å². The minimum Gasteiger partial charge on any atom is -0.351 e. The topological polar surface area (TPSA) is 148 Å². The van der Waals surface area contributed by atoms with E-state index < -0.39 is 17.0 Å². The second-order valence-electron chi connectivity index (χ2n) is 7.32. The fraction of sp³-hybridized carbons (Fsp3) is 0.286. The number of nitrogens with two attached hydrogens (primary N) is 1. The second kappa shape index (κ2) is 9.24. The molecule has 10 heteroatoms. The number of carbonyl (C=O) groups excluding carboxylic acids is 3. The van der Waals surface area contributed by atoms with Crippen molar-refractivity contribution in [2.24, 2.45) is 5.73 Å². The number of carbonyl (C=O) groups is 3. The van der Waals surface area contributed by atoms with Crippen LogP contribution in [-0.4, -0.2) is 40.3 Å². The molecule has 0 spiro atoms. The van der Waals surface area contributed by atoms with Gasteiger partial charge in [-0.15, -0.1) is 0 Å². The third-order valence-corrected chi connectivity index (χ3v) is 5.14. The number of urea groups is 1. The van der Waals surface area contributed by atoms with Gasteiger partial charge in [-0.2, -0.15) is 0 Å². The lowest BCUT2D eigenvalue weighted by atomic mass is 10.1. The Labute approximate surface area is 178 Å². The predicted octanol–water partition coefficient (Wildman–Crippen LogP) is 2.31. The zero-order valence-electron chi connectivity index (χ0n) is 17.0. The van der Waals surface area contributed by atoms with Crippen molar-refractivity contribution in [3.63, 3.8) is 0 Å². The number of likely N-dealkylation sites (tertiary alicyclic amines) is 1. The summed E-state index contributed by atoms with van der Waals surface area (Å²) in [5.74, 6) is -0.582. The number of primary amides is 1. The minimum absolute atomic E-state index is 0.0516. The minimum atomic E-state index is -0.657. The molecular formula is C21H23N5O5. The molecular weight excluding hydrogens is 402 g/mol. The van der Waals surface area contributed by atoms with E-state index >= 15 is 0 Å². The van der Waals surface area contributed by atoms with Crippen molar-refractivity contribution >= 4 is 29.2 Å². The normalized spacial score (nSPS) is 15.4. The summed E-state index contributed by atoms with van der Waals surface area (Å²) < 4.78 is 0. The largest absolute Gasteiger partial charge is 0.351 e. The van der Waals surface area contributed by atoms with Gasteiger partial charge in [0.25, 0.3) is 11.6 Å². The molecule has 0 aromatic heterocycles. The van der Waals surface area contributed by atoms with Crippen molar-refractivity contribution in [3.05, 3.63) is 69.3 Å². The molecule has 10 nitrogen and oxygen atoms in total. The molecule has 1 aliphatic rings. The first-order valence-electron chi connectivity index (χ1n) is 9.75. The maximum Gasteiger partial charge on any atom is 0.316 e. The summed E-state index contributed by atoms with van der Waals surface area (Å²) in [5.41, 5.74) is 7.11. The number of aryl methyl sites for hydroxylation is 1. The van der Waals surface area contributed by atoms with Gasteiger partial charge < -0.3 is 21.3 Å². The van der Waals surface area contributed by atoms with Crippen molar-refractivity contribution in [2.45, 2.75) is 32.4 Å². The van der Waals surface area contributed by atoms with Crippen LogP contribution < -0.4 is 16.4 Å². The number of amides is 4. The molecule has 0 radical (unpaired) electrons. The Kier molecular flexibility index (Phi) is 6.49. The summed E-state index contributed by atoms with van der Waals surface area (Å²) in [6.45, 7) is 2.29. The summed E-state index contributed by atoms with van der Waals surface area (Å²) in [6.07, 6.45) is 1.24. The van der Waals surface area contributed by atoms with E-state index in [2.05, 4.69) is 10.6 Å². The second-order valence-corrected chi connectivity index (χ2v) is 7.32. The maximum atomic E-state index is 12.9. The van der Waals surface area contributed by atoms with Crippen LogP contribution in [0.15, 0.2) is 42.5 Å². The summed E-state index contributed by atoms with van der Waals surface area (Å²) >= 11 is 0. The highest BCUT2D eigenvalue weighted by molar-refractivity contribution is 5.98. The Bertz CT molecular complexity index is 1020. The highest BCUT2D eigenvalue weighted by Gasteiger charge is 2.34. The molecule has 1 saturated heterocycles. The first-order chi connectivity index (χ1) is 14.8. The van der Waals surface area contributed by atoms with Crippen LogP contribution in [0.2, 0.25) is 0 Å². The molecule has 0 aliphatic carbocycles. The van der Waals surface area contributed by atoms with Crippen molar-refractivity contribution in [3.8, 4) is 0 Å². The van der Waals surface area contributed by atoms with E-state index in [4.69, 9.17) is 5.73 Å². The van der Waals surface area contributed by atoms with Gasteiger partial charge in [0.1, 0.15) is 6.04 Å². The first kappa shape index (κ1) is 21.8. The number of hydrogen-bond donors (Lipinski definition) is 3. The van der Waals surface area contributed by atoms with Gasteiger partial charge >= 0.3 is 6.03 Å². The number of nitrogens with one attached hydrogen (secondary N) is 2. The fourth-order valence-electron chi connectivity index (χ4n) is 3.60. The SMILES string of the molecule is Cc1cc(C(=O)N2CCCC2C(=O)NCc2ccc(NC(N)=O)cc2)ccc1[N+](=O)[O-]. The summed E-state index contributed by atoms with van der Waals surface area (Å²) in [4.78, 5) is 48.5. The van der Waals surface area contributed by atoms with E-state index in [1.807, 2.05) is 0 Å². The third kappa shape index (κ3) is 5.16. The molecule has 1 atom stereocenters. The van der Waals surface area contributed by atoms with Crippen LogP contribution in [0.4, 0.5) is 16.2 Å². The lowest BCUT2D eigenvalue weighted by Gasteiger charge is -2.24. The summed E-state index contributed by atoms with van der Waals surface area (Å²) in [7, 11) is 0. The number of nitro groups is 1. The number of rotatable bonds is 6. The molecule has 31 heavy (non-hydrogen) atoms. The summed E-state index contributed by atoms with van der Waals surface area (Å²) in [5, 5.41) is 16.3. The monoisotopic (exact) mass is 425 g/mol. The van der Waals surface area contributed by atoms with Gasteiger partial charge in [0.2, 0.25) is 5.91 Å². The van der Waals surface area contributed by atoms with E-state index in [-0.39, 0.29) is 24.0 Å². The number of nitrogens with zero attached hydrogens (tertiary/aromatic N) is 2. The number of benzene rings is 2. The quantitative estimate of drug-likeness (QED) is 0.480. The molecule has 2 aromatic carbocycles. The average Bonchev–Trinajstić information content (AvgIpc) is 3.21. The zero-order valence-corrected chi connectivity index (χ0v) is 17.0. The van der Waals surface area contributed by atoms with Gasteiger partial charge in [-0.3, -0.25) is 19.7 Å². The lowest BCUT2D eigenvalue weighted by molar-refractivity contribution is -0.385. The first-order valence-corrected chi connectivity index (χ1v) is 9.75. The average molecular weight is 425 g/mol. The van der Waals surface area contributed by atoms with Crippen LogP contribution in [0, 0.1) is 17.0 Å². The van der Waals surface area contributed by atoms with Crippen molar-refractivity contribution in [2.75, 3.05) is 11.9 Å². The van der Waals surface area contributed by atoms with Crippen LogP contribution in [0.5, 0.6) is 0 Å². The molecule has 1 aliphatic heterocycles. The van der Waals surface area contributed by atoms with Crippen molar-refractivity contribution in [1.82, 2.24) is 10.2 Å². The molecule has 0 saturated carbocycles. The fourth-order valence-corrected chi connectivity index (χ4v) is 3.60. The molecule has 1 heterocycles. The Hall–Kier alpha value is -3.95. The van der Waals surface area contributed by atoms with Crippen LogP contribution in [0.25, 0.3) is 0 Å². The highest BCUT2D eigenvalue weighted by Crippen LogP contribution is 2.24. The molecule has 1 unspecified atom stereocenters. The molecule has 4 N–H and O–H groups in total. The Morgan fingerprint density at radius 1 is 1.19 bits per heavy atom. The maximum absolute atomic E-state index is 12.9. The number of nitro benzene ring substituents is 1. The van der Waals surface area contributed by atoms with Crippen LogP contribution >= 0.6 is 0 Å². The van der Waals surface area contributed by atoms with Gasteiger partial charge in [-0.05, 0) is 49.6 Å². The van der Waals surface area contributed by atoms with E-state index in [1.165, 1.54) is 23.1 Å². The standard InChI is InChI=1S/C21H23N5O5/c1-13-11-15(6-9-17(13)26(30)31)20(28)25-10-2-3-18(25)19(27)23-12-14-4-7-16(8-5-14)24-21(22)29/h4-9,11,18H,2-3,10,12H2,1H3,(H,23,27)(H3,22,24,29). The smallest absolute Gasteiger partial charge is 0.316 e. The summed E-state index contributed by atoms with van der Waals surface area (Å²) in [6, 6.07) is 9.81. The predicted molar refractivity (Wildman–Crippen MR) is 113 cm³/mol. The third-order valence-electron chi connectivity index (χ3n) is 5.14. The molecule has 162 valence electrons. The van der Waals surface area contributed by atoms with Gasteiger partial charge in [0.15, 0.2) is 0 Å². The molecule has 0 bridgehead atoms. The van der Waals surface area contributed by atoms with E-state index in [1.54, 1.807) is 31.2 Å². The molecule has 3 rings (SSSR count). The van der Waals surface area contributed by atoms with E-state index in [0.717, 1.165) is 5.56 Å². The van der Waals surface area contributed by atoms with E-state index in [0.29, 0.717) is 36.2 Å². The Morgan fingerprint density at radius 3 is 2.52 bits per heavy atom. The Morgan fingerprint density at radius 2 is 1.90 bits per heavy atom. The molecule has 2 aromatic rings. The van der Waals surface area contributed by atoms with Crippen molar-refractivity contribution in [1.29, 1.82) is 0 Å². The zero-order chi connectivity index (χ0) is 22.5. The van der Waals surface area contributed by atoms with Crippen LogP contribution in [0.1, 0.15) is 34.3 Å². The van der Waals surface area contributed by atoms with Gasteiger partial charge in [0.05, 0.1) is 4.92 Å². The van der Waals surface area contributed by atoms with Gasteiger partial charge in [0, 0.05) is 36.0 Å². The van der Waals surface area contributed by atoms with Gasteiger partial charge in [-0.25, -0.2) is 4.79 Å².